The minimum absolute atomic E-state index is 0.0288. The topological polar surface area (TPSA) is 27.7 Å². The van der Waals surface area contributed by atoms with Gasteiger partial charge in [-0.25, -0.2) is 0 Å². The molecule has 4 heteroatoms. The van der Waals surface area contributed by atoms with Gasteiger partial charge < -0.3 is 14.2 Å². The Hall–Kier alpha value is -2.14. The Labute approximate surface area is 198 Å². The van der Waals surface area contributed by atoms with Crippen molar-refractivity contribution in [3.63, 3.8) is 0 Å². The molecule has 166 valence electrons. The minimum atomic E-state index is -0.408. The molecule has 3 aromatic carbocycles. The molecule has 1 saturated carbocycles. The molecule has 2 aliphatic rings. The van der Waals surface area contributed by atoms with E-state index < -0.39 is 5.60 Å². The average molecular weight is 493 g/mol. The lowest BCUT2D eigenvalue weighted by Crippen LogP contribution is -2.38. The first-order valence-electron chi connectivity index (χ1n) is 11.3. The number of ether oxygens (including phenoxy) is 3. The number of hydrogen-bond donors (Lipinski definition) is 0. The molecule has 2 fully saturated rings. The molecular formula is C28H29BrO3. The highest BCUT2D eigenvalue weighted by Crippen LogP contribution is 2.75. The highest BCUT2D eigenvalue weighted by atomic mass is 79.9. The summed E-state index contributed by atoms with van der Waals surface area (Å²) >= 11 is 3.58. The maximum absolute atomic E-state index is 6.74. The first kappa shape index (κ1) is 21.7. The van der Waals surface area contributed by atoms with Gasteiger partial charge in [0.25, 0.3) is 0 Å². The Kier molecular flexibility index (Phi) is 5.87. The molecule has 5 rings (SSSR count). The fourth-order valence-corrected chi connectivity index (χ4v) is 5.76. The summed E-state index contributed by atoms with van der Waals surface area (Å²) in [7, 11) is 1.70. The van der Waals surface area contributed by atoms with Gasteiger partial charge in [-0.15, -0.1) is 0 Å². The largest absolute Gasteiger partial charge is 0.497 e. The fraction of sp³-hybridized carbons (Fsp3) is 0.357. The number of hydrogen-bond acceptors (Lipinski definition) is 3. The van der Waals surface area contributed by atoms with Crippen LogP contribution in [-0.2, 0) is 21.5 Å². The number of rotatable bonds is 8. The molecule has 3 nitrogen and oxygen atoms in total. The Balaban J connectivity index is 1.47. The van der Waals surface area contributed by atoms with E-state index in [9.17, 15) is 0 Å². The normalized spacial score (nSPS) is 27.0. The Morgan fingerprint density at radius 2 is 1.72 bits per heavy atom. The highest BCUT2D eigenvalue weighted by molar-refractivity contribution is 9.10. The second-order valence-corrected chi connectivity index (χ2v) is 9.97. The maximum atomic E-state index is 6.74. The van der Waals surface area contributed by atoms with Crippen LogP contribution in [0.1, 0.15) is 36.1 Å². The van der Waals surface area contributed by atoms with E-state index in [2.05, 4.69) is 89.6 Å². The van der Waals surface area contributed by atoms with Crippen molar-refractivity contribution in [2.75, 3.05) is 20.3 Å². The van der Waals surface area contributed by atoms with E-state index in [0.29, 0.717) is 12.5 Å². The summed E-state index contributed by atoms with van der Waals surface area (Å²) in [5.74, 6) is 1.36. The number of halogens is 1. The van der Waals surface area contributed by atoms with Crippen LogP contribution in [0.15, 0.2) is 83.3 Å². The van der Waals surface area contributed by atoms with Crippen LogP contribution in [-0.4, -0.2) is 20.3 Å². The molecule has 32 heavy (non-hydrogen) atoms. The van der Waals surface area contributed by atoms with Crippen molar-refractivity contribution in [3.05, 3.63) is 100 Å². The number of benzene rings is 3. The number of methoxy groups -OCH3 is 1. The summed E-state index contributed by atoms with van der Waals surface area (Å²) in [6, 6.07) is 27.5. The molecule has 4 atom stereocenters. The summed E-state index contributed by atoms with van der Waals surface area (Å²) in [6.07, 6.45) is 1.98. The summed E-state index contributed by atoms with van der Waals surface area (Å²) in [5.41, 5.74) is 3.22. The predicted octanol–water partition coefficient (Wildman–Crippen LogP) is 6.71. The molecule has 1 saturated heterocycles. The van der Waals surface area contributed by atoms with E-state index in [0.717, 1.165) is 29.7 Å². The van der Waals surface area contributed by atoms with Crippen molar-refractivity contribution in [3.8, 4) is 5.75 Å². The van der Waals surface area contributed by atoms with Crippen LogP contribution in [0.25, 0.3) is 0 Å². The molecule has 0 unspecified atom stereocenters. The zero-order valence-electron chi connectivity index (χ0n) is 18.6. The van der Waals surface area contributed by atoms with Gasteiger partial charge in [-0.05, 0) is 66.6 Å². The third-order valence-corrected chi connectivity index (χ3v) is 7.94. The first-order chi connectivity index (χ1) is 15.6. The van der Waals surface area contributed by atoms with Crippen molar-refractivity contribution in [1.29, 1.82) is 0 Å². The summed E-state index contributed by atoms with van der Waals surface area (Å²) in [6.45, 7) is 3.70. The zero-order valence-corrected chi connectivity index (χ0v) is 20.2. The van der Waals surface area contributed by atoms with E-state index >= 15 is 0 Å². The van der Waals surface area contributed by atoms with E-state index in [1.807, 2.05) is 12.1 Å². The molecule has 0 N–H and O–H groups in total. The molecule has 1 heterocycles. The molecule has 3 aromatic rings. The lowest BCUT2D eigenvalue weighted by atomic mass is 9.74. The SMILES string of the molecule is COc1ccc([C@@]2(C)OC[C@H]3C[C@]32[C@@H](OCCc2ccccc2)c2ccc(Br)cc2)cc1. The fourth-order valence-electron chi connectivity index (χ4n) is 5.49. The summed E-state index contributed by atoms with van der Waals surface area (Å²) in [5, 5.41) is 0. The van der Waals surface area contributed by atoms with Crippen molar-refractivity contribution >= 4 is 15.9 Å². The monoisotopic (exact) mass is 492 g/mol. The van der Waals surface area contributed by atoms with Gasteiger partial charge in [0.1, 0.15) is 5.75 Å². The standard InChI is InChI=1S/C28H29BrO3/c1-27(22-10-14-25(30-2)15-11-22)28(18-23(28)19-32-27)26(21-8-12-24(29)13-9-21)31-17-16-20-6-4-3-5-7-20/h3-15,23,26H,16-19H2,1-2H3/t23-,26+,27-,28-/m1/s1. The maximum Gasteiger partial charge on any atom is 0.118 e. The van der Waals surface area contributed by atoms with E-state index in [1.54, 1.807) is 7.11 Å². The molecule has 1 aliphatic carbocycles. The molecule has 1 aliphatic heterocycles. The van der Waals surface area contributed by atoms with Crippen LogP contribution in [0.5, 0.6) is 5.75 Å². The van der Waals surface area contributed by atoms with Gasteiger partial charge in [-0.3, -0.25) is 0 Å². The van der Waals surface area contributed by atoms with Gasteiger partial charge in [-0.2, -0.15) is 0 Å². The molecule has 0 radical (unpaired) electrons. The van der Waals surface area contributed by atoms with Crippen LogP contribution >= 0.6 is 15.9 Å². The molecular weight excluding hydrogens is 464 g/mol. The third-order valence-electron chi connectivity index (χ3n) is 7.41. The van der Waals surface area contributed by atoms with Gasteiger partial charge in [0, 0.05) is 9.89 Å². The Morgan fingerprint density at radius 3 is 2.38 bits per heavy atom. The van der Waals surface area contributed by atoms with Crippen molar-refractivity contribution < 1.29 is 14.2 Å². The lowest BCUT2D eigenvalue weighted by Gasteiger charge is -2.40. The van der Waals surface area contributed by atoms with Crippen LogP contribution in [0.2, 0.25) is 0 Å². The molecule has 0 spiro atoms. The van der Waals surface area contributed by atoms with Gasteiger partial charge >= 0.3 is 0 Å². The van der Waals surface area contributed by atoms with E-state index in [-0.39, 0.29) is 11.5 Å². The van der Waals surface area contributed by atoms with Crippen LogP contribution in [0.3, 0.4) is 0 Å². The van der Waals surface area contributed by atoms with Crippen molar-refractivity contribution in [2.45, 2.75) is 31.5 Å². The van der Waals surface area contributed by atoms with E-state index in [1.165, 1.54) is 16.7 Å². The van der Waals surface area contributed by atoms with Gasteiger partial charge in [0.2, 0.25) is 0 Å². The van der Waals surface area contributed by atoms with Crippen molar-refractivity contribution in [1.82, 2.24) is 0 Å². The van der Waals surface area contributed by atoms with Crippen molar-refractivity contribution in [2.24, 2.45) is 11.3 Å². The lowest BCUT2D eigenvalue weighted by molar-refractivity contribution is -0.108. The van der Waals surface area contributed by atoms with Gasteiger partial charge in [0.05, 0.1) is 32.0 Å². The Bertz CT molecular complexity index is 1050. The van der Waals surface area contributed by atoms with Gasteiger partial charge in [-0.1, -0.05) is 70.5 Å². The average Bonchev–Trinajstić information content (AvgIpc) is 3.50. The summed E-state index contributed by atoms with van der Waals surface area (Å²) < 4.78 is 19.7. The first-order valence-corrected chi connectivity index (χ1v) is 12.1. The molecule has 0 amide bonds. The molecule has 0 bridgehead atoms. The predicted molar refractivity (Wildman–Crippen MR) is 130 cm³/mol. The second-order valence-electron chi connectivity index (χ2n) is 9.05. The minimum Gasteiger partial charge on any atom is -0.497 e. The second kappa shape index (κ2) is 8.66. The quantitative estimate of drug-likeness (QED) is 0.349. The van der Waals surface area contributed by atoms with Gasteiger partial charge in [0.15, 0.2) is 0 Å². The van der Waals surface area contributed by atoms with Crippen LogP contribution in [0.4, 0.5) is 0 Å². The zero-order chi connectivity index (χ0) is 22.2. The highest BCUT2D eigenvalue weighted by Gasteiger charge is 2.74. The number of fused-ring (bicyclic) bond motifs is 1. The van der Waals surface area contributed by atoms with Crippen LogP contribution < -0.4 is 4.74 Å². The van der Waals surface area contributed by atoms with E-state index in [4.69, 9.17) is 14.2 Å². The van der Waals surface area contributed by atoms with Crippen LogP contribution in [0, 0.1) is 11.3 Å². The summed E-state index contributed by atoms with van der Waals surface area (Å²) in [4.78, 5) is 0. The smallest absolute Gasteiger partial charge is 0.118 e. The molecule has 0 aromatic heterocycles. The Morgan fingerprint density at radius 1 is 1.00 bits per heavy atom. The third kappa shape index (κ3) is 3.68.